The number of alkyl halides is 3. The Balaban J connectivity index is 2.47. The summed E-state index contributed by atoms with van der Waals surface area (Å²) in [6.07, 6.45) is -1.22. The summed E-state index contributed by atoms with van der Waals surface area (Å²) >= 11 is 0. The van der Waals surface area contributed by atoms with Crippen LogP contribution in [0.3, 0.4) is 0 Å². The monoisotopic (exact) mass is 399 g/mol. The molecule has 0 saturated carbocycles. The van der Waals surface area contributed by atoms with Crippen molar-refractivity contribution in [3.8, 4) is 22.8 Å². The molecular weight excluding hydrogens is 375 g/mol. The molecule has 0 aliphatic rings. The van der Waals surface area contributed by atoms with Crippen LogP contribution in [0.15, 0.2) is 24.4 Å². The van der Waals surface area contributed by atoms with Crippen LogP contribution >= 0.6 is 0 Å². The van der Waals surface area contributed by atoms with Crippen molar-refractivity contribution in [1.82, 2.24) is 4.98 Å². The summed E-state index contributed by atoms with van der Waals surface area (Å²) in [5.41, 5.74) is 0.952. The van der Waals surface area contributed by atoms with Crippen molar-refractivity contribution < 1.29 is 27.4 Å². The van der Waals surface area contributed by atoms with Crippen molar-refractivity contribution in [2.45, 2.75) is 52.4 Å². The Morgan fingerprint density at radius 3 is 2.43 bits per heavy atom. The molecular formula is C19H24F3N3O3. The van der Waals surface area contributed by atoms with E-state index in [1.165, 1.54) is 19.4 Å². The molecule has 0 aliphatic heterocycles. The first kappa shape index (κ1) is 21.6. The van der Waals surface area contributed by atoms with Crippen LogP contribution in [-0.2, 0) is 6.42 Å². The van der Waals surface area contributed by atoms with Crippen molar-refractivity contribution in [3.63, 3.8) is 0 Å². The normalized spacial score (nSPS) is 11.6. The smallest absolute Gasteiger partial charge is 0.573 e. The Bertz CT molecular complexity index is 809. The number of benzene rings is 1. The van der Waals surface area contributed by atoms with E-state index in [1.807, 2.05) is 20.8 Å². The third-order valence-electron chi connectivity index (χ3n) is 4.40. The first-order valence-electron chi connectivity index (χ1n) is 9.06. The quantitative estimate of drug-likeness (QED) is 0.525. The number of nitrogens with one attached hydrogen (secondary N) is 1. The standard InChI is InChI=1S/C19H24F3N3O3/c1-5-12(6-2)24-18-15(7-3)25(26)16(11-23-18)14-9-8-13(10-17(14)27-4)28-19(20,21)22/h8-12H,5-7H2,1-4H3,(H,23,24). The van der Waals surface area contributed by atoms with E-state index in [4.69, 9.17) is 4.74 Å². The lowest BCUT2D eigenvalue weighted by Crippen LogP contribution is -2.37. The predicted octanol–water partition coefficient (Wildman–Crippen LogP) is 4.45. The molecule has 0 radical (unpaired) electrons. The topological polar surface area (TPSA) is 70.3 Å². The average molecular weight is 399 g/mol. The van der Waals surface area contributed by atoms with Gasteiger partial charge in [0.2, 0.25) is 11.4 Å². The molecule has 0 amide bonds. The maximum absolute atomic E-state index is 12.9. The summed E-state index contributed by atoms with van der Waals surface area (Å²) in [4.78, 5) is 4.38. The molecule has 154 valence electrons. The molecule has 0 atom stereocenters. The Morgan fingerprint density at radius 2 is 1.89 bits per heavy atom. The molecule has 0 spiro atoms. The summed E-state index contributed by atoms with van der Waals surface area (Å²) in [5, 5.41) is 16.2. The first-order chi connectivity index (χ1) is 13.2. The SMILES string of the molecule is CCc1c(NC(CC)CC)ncc(-c2ccc(OC(F)(F)F)cc2OC)[n+]1[O-]. The molecule has 0 unspecified atom stereocenters. The fourth-order valence-corrected chi connectivity index (χ4v) is 2.87. The molecule has 1 heterocycles. The average Bonchev–Trinajstić information content (AvgIpc) is 2.65. The molecule has 28 heavy (non-hydrogen) atoms. The number of halogens is 3. The molecule has 1 N–H and O–H groups in total. The zero-order valence-electron chi connectivity index (χ0n) is 16.3. The van der Waals surface area contributed by atoms with Crippen molar-refractivity contribution in [2.24, 2.45) is 0 Å². The molecule has 0 aliphatic carbocycles. The molecule has 0 bridgehead atoms. The van der Waals surface area contributed by atoms with Gasteiger partial charge in [-0.05, 0) is 25.0 Å². The molecule has 2 rings (SSSR count). The van der Waals surface area contributed by atoms with Gasteiger partial charge in [-0.1, -0.05) is 20.8 Å². The lowest BCUT2D eigenvalue weighted by Gasteiger charge is -2.18. The highest BCUT2D eigenvalue weighted by Gasteiger charge is 2.32. The molecule has 0 fully saturated rings. The Labute approximate surface area is 161 Å². The second-order valence-electron chi connectivity index (χ2n) is 6.15. The van der Waals surface area contributed by atoms with Gasteiger partial charge in [0.15, 0.2) is 5.82 Å². The minimum absolute atomic E-state index is 0.0795. The summed E-state index contributed by atoms with van der Waals surface area (Å²) in [5.74, 6) is 0.156. The van der Waals surface area contributed by atoms with Gasteiger partial charge < -0.3 is 20.0 Å². The van der Waals surface area contributed by atoms with Crippen LogP contribution in [0.2, 0.25) is 0 Å². The van der Waals surface area contributed by atoms with Gasteiger partial charge in [0.05, 0.1) is 12.7 Å². The highest BCUT2D eigenvalue weighted by Crippen LogP contribution is 2.34. The van der Waals surface area contributed by atoms with Gasteiger partial charge in [0, 0.05) is 18.5 Å². The number of methoxy groups -OCH3 is 1. The molecule has 6 nitrogen and oxygen atoms in total. The van der Waals surface area contributed by atoms with Gasteiger partial charge >= 0.3 is 6.36 Å². The number of hydrogen-bond donors (Lipinski definition) is 1. The molecule has 1 aromatic heterocycles. The summed E-state index contributed by atoms with van der Waals surface area (Å²) < 4.78 is 47.1. The third kappa shape index (κ3) is 4.96. The Hall–Kier alpha value is -2.71. The van der Waals surface area contributed by atoms with Crippen LogP contribution in [0.25, 0.3) is 11.3 Å². The highest BCUT2D eigenvalue weighted by atomic mass is 19.4. The fraction of sp³-hybridized carbons (Fsp3) is 0.474. The van der Waals surface area contributed by atoms with E-state index in [-0.39, 0.29) is 17.5 Å². The van der Waals surface area contributed by atoms with Gasteiger partial charge in [-0.25, -0.2) is 4.98 Å². The van der Waals surface area contributed by atoms with Gasteiger partial charge in [0.1, 0.15) is 17.7 Å². The number of rotatable bonds is 8. The van der Waals surface area contributed by atoms with Crippen LogP contribution in [0.1, 0.15) is 39.3 Å². The highest BCUT2D eigenvalue weighted by molar-refractivity contribution is 5.66. The van der Waals surface area contributed by atoms with Crippen LogP contribution in [-0.4, -0.2) is 24.5 Å². The van der Waals surface area contributed by atoms with E-state index in [0.717, 1.165) is 29.7 Å². The number of nitrogens with zero attached hydrogens (tertiary/aromatic N) is 2. The van der Waals surface area contributed by atoms with Gasteiger partial charge in [0.25, 0.3) is 0 Å². The minimum Gasteiger partial charge on any atom is -0.618 e. The van der Waals surface area contributed by atoms with Crippen LogP contribution in [0.4, 0.5) is 19.0 Å². The number of hydrogen-bond acceptors (Lipinski definition) is 5. The van der Waals surface area contributed by atoms with Crippen molar-refractivity contribution in [1.29, 1.82) is 0 Å². The minimum atomic E-state index is -4.82. The number of aromatic nitrogens is 2. The van der Waals surface area contributed by atoms with E-state index < -0.39 is 12.1 Å². The zero-order chi connectivity index (χ0) is 20.9. The van der Waals surface area contributed by atoms with Crippen molar-refractivity contribution >= 4 is 5.82 Å². The summed E-state index contributed by atoms with van der Waals surface area (Å²) in [6.45, 7) is 5.93. The second-order valence-corrected chi connectivity index (χ2v) is 6.15. The zero-order valence-corrected chi connectivity index (χ0v) is 16.3. The summed E-state index contributed by atoms with van der Waals surface area (Å²) in [6, 6.07) is 3.76. The van der Waals surface area contributed by atoms with Crippen molar-refractivity contribution in [3.05, 3.63) is 35.3 Å². The van der Waals surface area contributed by atoms with Gasteiger partial charge in [-0.2, -0.15) is 4.73 Å². The molecule has 0 saturated heterocycles. The lowest BCUT2D eigenvalue weighted by atomic mass is 10.1. The molecule has 9 heteroatoms. The van der Waals surface area contributed by atoms with Gasteiger partial charge in [-0.3, -0.25) is 0 Å². The number of anilines is 1. The van der Waals surface area contributed by atoms with Gasteiger partial charge in [-0.15, -0.1) is 13.2 Å². The predicted molar refractivity (Wildman–Crippen MR) is 99.2 cm³/mol. The van der Waals surface area contributed by atoms with Crippen LogP contribution < -0.4 is 19.5 Å². The fourth-order valence-electron chi connectivity index (χ4n) is 2.87. The van der Waals surface area contributed by atoms with Crippen LogP contribution in [0, 0.1) is 5.21 Å². The van der Waals surface area contributed by atoms with E-state index in [0.29, 0.717) is 23.5 Å². The van der Waals surface area contributed by atoms with E-state index in [1.54, 1.807) is 0 Å². The van der Waals surface area contributed by atoms with E-state index in [9.17, 15) is 18.4 Å². The second kappa shape index (κ2) is 8.99. The third-order valence-corrected chi connectivity index (χ3v) is 4.40. The first-order valence-corrected chi connectivity index (χ1v) is 9.06. The Kier molecular flexibility index (Phi) is 6.93. The van der Waals surface area contributed by atoms with Crippen molar-refractivity contribution in [2.75, 3.05) is 12.4 Å². The van der Waals surface area contributed by atoms with E-state index >= 15 is 0 Å². The summed E-state index contributed by atoms with van der Waals surface area (Å²) in [7, 11) is 1.31. The van der Waals surface area contributed by atoms with E-state index in [2.05, 4.69) is 15.0 Å². The molecule has 1 aromatic carbocycles. The number of ether oxygens (including phenoxy) is 2. The largest absolute Gasteiger partial charge is 0.618 e. The Morgan fingerprint density at radius 1 is 1.21 bits per heavy atom. The maximum atomic E-state index is 12.9. The van der Waals surface area contributed by atoms with Crippen LogP contribution in [0.5, 0.6) is 11.5 Å². The lowest BCUT2D eigenvalue weighted by molar-refractivity contribution is -0.602. The molecule has 2 aromatic rings. The maximum Gasteiger partial charge on any atom is 0.573 e.